The van der Waals surface area contributed by atoms with Crippen LogP contribution in [-0.4, -0.2) is 54.2 Å². The molecular formula is C10H18N4O. The molecule has 84 valence electrons. The first-order valence-corrected chi connectivity index (χ1v) is 5.42. The molecule has 1 saturated heterocycles. The van der Waals surface area contributed by atoms with Crippen LogP contribution >= 0.6 is 0 Å². The third kappa shape index (κ3) is 3.02. The quantitative estimate of drug-likeness (QED) is 0.742. The molecule has 2 rings (SSSR count). The lowest BCUT2D eigenvalue weighted by Gasteiger charge is -2.33. The standard InChI is InChI=1S/C10H18N4O/c11-2-3-13-4-6-14(7-5-13)9-10-1-8-15-12-10/h1,8H,2-7,9,11H2. The zero-order valence-electron chi connectivity index (χ0n) is 8.93. The van der Waals surface area contributed by atoms with Crippen molar-refractivity contribution in [2.24, 2.45) is 5.73 Å². The van der Waals surface area contributed by atoms with E-state index in [1.165, 1.54) is 0 Å². The lowest BCUT2D eigenvalue weighted by atomic mass is 10.3. The molecule has 0 amide bonds. The van der Waals surface area contributed by atoms with Gasteiger partial charge in [-0.05, 0) is 0 Å². The maximum atomic E-state index is 5.53. The molecule has 0 saturated carbocycles. The second-order valence-electron chi connectivity index (χ2n) is 3.90. The van der Waals surface area contributed by atoms with Crippen molar-refractivity contribution in [3.8, 4) is 0 Å². The van der Waals surface area contributed by atoms with Gasteiger partial charge in [0.05, 0.1) is 5.69 Å². The van der Waals surface area contributed by atoms with Gasteiger partial charge in [0.25, 0.3) is 0 Å². The SMILES string of the molecule is NCCN1CCN(Cc2ccon2)CC1. The molecule has 1 aliphatic heterocycles. The Kier molecular flexibility index (Phi) is 3.71. The van der Waals surface area contributed by atoms with Gasteiger partial charge in [0.2, 0.25) is 0 Å². The van der Waals surface area contributed by atoms with E-state index in [1.807, 2.05) is 6.07 Å². The van der Waals surface area contributed by atoms with Crippen molar-refractivity contribution in [1.29, 1.82) is 0 Å². The van der Waals surface area contributed by atoms with E-state index >= 15 is 0 Å². The van der Waals surface area contributed by atoms with Crippen LogP contribution in [-0.2, 0) is 6.54 Å². The predicted octanol–water partition coefficient (Wildman–Crippen LogP) is -0.249. The van der Waals surface area contributed by atoms with Crippen LogP contribution in [0.5, 0.6) is 0 Å². The van der Waals surface area contributed by atoms with E-state index in [1.54, 1.807) is 6.26 Å². The number of rotatable bonds is 4. The molecule has 0 bridgehead atoms. The number of hydrogen-bond acceptors (Lipinski definition) is 5. The zero-order valence-corrected chi connectivity index (χ0v) is 8.93. The van der Waals surface area contributed by atoms with Crippen molar-refractivity contribution in [2.75, 3.05) is 39.3 Å². The average molecular weight is 210 g/mol. The Hall–Kier alpha value is -0.910. The Balaban J connectivity index is 1.74. The maximum absolute atomic E-state index is 5.53. The van der Waals surface area contributed by atoms with E-state index in [2.05, 4.69) is 15.0 Å². The molecule has 1 aromatic heterocycles. The summed E-state index contributed by atoms with van der Waals surface area (Å²) in [4.78, 5) is 4.80. The molecule has 15 heavy (non-hydrogen) atoms. The minimum atomic E-state index is 0.753. The van der Waals surface area contributed by atoms with Crippen LogP contribution in [0.3, 0.4) is 0 Å². The summed E-state index contributed by atoms with van der Waals surface area (Å²) in [6.07, 6.45) is 1.63. The van der Waals surface area contributed by atoms with E-state index < -0.39 is 0 Å². The second-order valence-corrected chi connectivity index (χ2v) is 3.90. The molecule has 5 heteroatoms. The van der Waals surface area contributed by atoms with Crippen LogP contribution in [0.2, 0.25) is 0 Å². The summed E-state index contributed by atoms with van der Waals surface area (Å²) in [6.45, 7) is 7.05. The highest BCUT2D eigenvalue weighted by Crippen LogP contribution is 2.06. The minimum absolute atomic E-state index is 0.753. The molecule has 0 atom stereocenters. The summed E-state index contributed by atoms with van der Waals surface area (Å²) in [5.74, 6) is 0. The van der Waals surface area contributed by atoms with Crippen LogP contribution < -0.4 is 5.73 Å². The fourth-order valence-electron chi connectivity index (χ4n) is 1.90. The highest BCUT2D eigenvalue weighted by Gasteiger charge is 2.16. The van der Waals surface area contributed by atoms with Crippen molar-refractivity contribution < 1.29 is 4.52 Å². The van der Waals surface area contributed by atoms with Gasteiger partial charge in [0, 0.05) is 51.9 Å². The Morgan fingerprint density at radius 2 is 2.00 bits per heavy atom. The summed E-state index contributed by atoms with van der Waals surface area (Å²) < 4.78 is 4.81. The third-order valence-electron chi connectivity index (χ3n) is 2.79. The molecule has 0 spiro atoms. The van der Waals surface area contributed by atoms with Gasteiger partial charge < -0.3 is 10.3 Å². The molecule has 2 N–H and O–H groups in total. The normalized spacial score (nSPS) is 19.5. The van der Waals surface area contributed by atoms with Gasteiger partial charge in [-0.1, -0.05) is 5.16 Å². The van der Waals surface area contributed by atoms with Crippen LogP contribution in [0.1, 0.15) is 5.69 Å². The topological polar surface area (TPSA) is 58.5 Å². The van der Waals surface area contributed by atoms with Gasteiger partial charge in [0.1, 0.15) is 6.26 Å². The molecule has 0 aliphatic carbocycles. The third-order valence-corrected chi connectivity index (χ3v) is 2.79. The van der Waals surface area contributed by atoms with Crippen molar-refractivity contribution in [3.05, 3.63) is 18.0 Å². The van der Waals surface area contributed by atoms with E-state index in [9.17, 15) is 0 Å². The van der Waals surface area contributed by atoms with E-state index in [4.69, 9.17) is 10.3 Å². The van der Waals surface area contributed by atoms with E-state index in [0.717, 1.165) is 51.5 Å². The molecule has 1 aromatic rings. The smallest absolute Gasteiger partial charge is 0.124 e. The highest BCUT2D eigenvalue weighted by molar-refractivity contribution is 4.95. The summed E-state index contributed by atoms with van der Waals surface area (Å²) in [5.41, 5.74) is 6.54. The van der Waals surface area contributed by atoms with Gasteiger partial charge in [-0.3, -0.25) is 9.80 Å². The Morgan fingerprint density at radius 3 is 2.60 bits per heavy atom. The van der Waals surface area contributed by atoms with E-state index in [0.29, 0.717) is 0 Å². The van der Waals surface area contributed by atoms with Gasteiger partial charge in [0.15, 0.2) is 0 Å². The molecule has 2 heterocycles. The van der Waals surface area contributed by atoms with Gasteiger partial charge in [-0.15, -0.1) is 0 Å². The zero-order chi connectivity index (χ0) is 10.5. The first kappa shape index (κ1) is 10.6. The first-order valence-electron chi connectivity index (χ1n) is 5.42. The summed E-state index contributed by atoms with van der Waals surface area (Å²) in [6, 6.07) is 1.92. The Labute approximate surface area is 89.8 Å². The molecule has 0 aromatic carbocycles. The van der Waals surface area contributed by atoms with Crippen LogP contribution in [0.25, 0.3) is 0 Å². The predicted molar refractivity (Wildman–Crippen MR) is 57.3 cm³/mol. The van der Waals surface area contributed by atoms with Crippen molar-refractivity contribution >= 4 is 0 Å². The number of nitrogens with zero attached hydrogens (tertiary/aromatic N) is 3. The second kappa shape index (κ2) is 5.25. The minimum Gasteiger partial charge on any atom is -0.364 e. The monoisotopic (exact) mass is 210 g/mol. The Morgan fingerprint density at radius 1 is 1.27 bits per heavy atom. The fourth-order valence-corrected chi connectivity index (χ4v) is 1.90. The number of hydrogen-bond donors (Lipinski definition) is 1. The lowest BCUT2D eigenvalue weighted by Crippen LogP contribution is -2.47. The van der Waals surface area contributed by atoms with Crippen molar-refractivity contribution in [1.82, 2.24) is 15.0 Å². The van der Waals surface area contributed by atoms with Gasteiger partial charge in [-0.25, -0.2) is 0 Å². The highest BCUT2D eigenvalue weighted by atomic mass is 16.5. The largest absolute Gasteiger partial charge is 0.364 e. The number of piperazine rings is 1. The molecular weight excluding hydrogens is 192 g/mol. The summed E-state index contributed by atoms with van der Waals surface area (Å²) in [5, 5.41) is 3.92. The van der Waals surface area contributed by atoms with Crippen LogP contribution in [0.15, 0.2) is 16.9 Å². The molecule has 0 unspecified atom stereocenters. The van der Waals surface area contributed by atoms with Crippen LogP contribution in [0.4, 0.5) is 0 Å². The molecule has 1 aliphatic rings. The molecule has 5 nitrogen and oxygen atoms in total. The maximum Gasteiger partial charge on any atom is 0.124 e. The average Bonchev–Trinajstić information content (AvgIpc) is 2.74. The van der Waals surface area contributed by atoms with Gasteiger partial charge >= 0.3 is 0 Å². The van der Waals surface area contributed by atoms with Crippen molar-refractivity contribution in [2.45, 2.75) is 6.54 Å². The molecule has 0 radical (unpaired) electrons. The van der Waals surface area contributed by atoms with E-state index in [-0.39, 0.29) is 0 Å². The Bertz CT molecular complexity index is 267. The number of nitrogens with two attached hydrogens (primary N) is 1. The summed E-state index contributed by atoms with van der Waals surface area (Å²) >= 11 is 0. The first-order chi connectivity index (χ1) is 7.38. The lowest BCUT2D eigenvalue weighted by molar-refractivity contribution is 0.127. The van der Waals surface area contributed by atoms with Crippen molar-refractivity contribution in [3.63, 3.8) is 0 Å². The van der Waals surface area contributed by atoms with Gasteiger partial charge in [-0.2, -0.15) is 0 Å². The summed E-state index contributed by atoms with van der Waals surface area (Å²) in [7, 11) is 0. The fraction of sp³-hybridized carbons (Fsp3) is 0.700. The van der Waals surface area contributed by atoms with Crippen LogP contribution in [0, 0.1) is 0 Å². The number of aromatic nitrogens is 1. The molecule has 1 fully saturated rings.